The van der Waals surface area contributed by atoms with Crippen molar-refractivity contribution in [3.8, 4) is 5.13 Å². The first-order chi connectivity index (χ1) is 14.5. The molecule has 3 aromatic rings. The van der Waals surface area contributed by atoms with Crippen LogP contribution in [0, 0.1) is 26.6 Å². The molecule has 0 aliphatic carbocycles. The minimum Gasteiger partial charge on any atom is -0.454 e. The van der Waals surface area contributed by atoms with Crippen LogP contribution in [-0.2, 0) is 14.8 Å². The average molecular weight is 466 g/mol. The Morgan fingerprint density at radius 2 is 1.90 bits per heavy atom. The van der Waals surface area contributed by atoms with E-state index in [0.717, 1.165) is 29.6 Å². The number of benzene rings is 1. The number of aromatic nitrogens is 2. The van der Waals surface area contributed by atoms with Crippen LogP contribution in [0.3, 0.4) is 0 Å². The molecule has 0 unspecified atom stereocenters. The monoisotopic (exact) mass is 465 g/mol. The first-order valence-electron chi connectivity index (χ1n) is 9.10. The molecule has 0 amide bonds. The van der Waals surface area contributed by atoms with Crippen LogP contribution in [0.5, 0.6) is 0 Å². The van der Waals surface area contributed by atoms with Crippen LogP contribution >= 0.6 is 11.3 Å². The smallest absolute Gasteiger partial charge is 0.341 e. The van der Waals surface area contributed by atoms with Crippen LogP contribution in [0.4, 0.5) is 4.39 Å². The van der Waals surface area contributed by atoms with Crippen LogP contribution in [0.15, 0.2) is 34.5 Å². The van der Waals surface area contributed by atoms with Gasteiger partial charge in [-0.1, -0.05) is 0 Å². The maximum Gasteiger partial charge on any atom is 0.341 e. The van der Waals surface area contributed by atoms with Gasteiger partial charge in [-0.05, 0) is 52.1 Å². The number of sulfonamides is 1. The summed E-state index contributed by atoms with van der Waals surface area (Å²) in [7, 11) is -2.68. The summed E-state index contributed by atoms with van der Waals surface area (Å²) >= 11 is 1.44. The Morgan fingerprint density at radius 1 is 1.19 bits per heavy atom. The number of rotatable bonds is 7. The van der Waals surface area contributed by atoms with Crippen molar-refractivity contribution in [2.45, 2.75) is 25.7 Å². The molecule has 0 saturated heterocycles. The maximum absolute atomic E-state index is 14.1. The molecule has 1 N–H and O–H groups in total. The molecule has 0 atom stereocenters. The summed E-state index contributed by atoms with van der Waals surface area (Å²) in [6.07, 6.45) is 0. The largest absolute Gasteiger partial charge is 0.454 e. The predicted octanol–water partition coefficient (Wildman–Crippen LogP) is 2.95. The molecule has 3 rings (SSSR count). The van der Waals surface area contributed by atoms with Gasteiger partial charge < -0.3 is 4.74 Å². The molecule has 2 heterocycles. The van der Waals surface area contributed by atoms with Crippen molar-refractivity contribution in [3.05, 3.63) is 63.7 Å². The third-order valence-corrected chi connectivity index (χ3v) is 6.96. The fourth-order valence-electron chi connectivity index (χ4n) is 3.02. The van der Waals surface area contributed by atoms with Gasteiger partial charge in [-0.15, -0.1) is 11.3 Å². The Labute approximate surface area is 182 Å². The predicted molar refractivity (Wildman–Crippen MR) is 113 cm³/mol. The number of nitrogens with zero attached hydrogens (tertiary/aromatic N) is 2. The van der Waals surface area contributed by atoms with Crippen LogP contribution in [0.25, 0.3) is 5.13 Å². The van der Waals surface area contributed by atoms with Crippen LogP contribution in [0.1, 0.15) is 37.8 Å². The molecule has 0 spiro atoms. The van der Waals surface area contributed by atoms with Crippen LogP contribution in [-0.4, -0.2) is 43.4 Å². The number of aryl methyl sites for hydroxylation is 2. The lowest BCUT2D eigenvalue weighted by Gasteiger charge is -2.08. The van der Waals surface area contributed by atoms with Crippen LogP contribution in [0.2, 0.25) is 0 Å². The number of ketones is 1. The second-order valence-electron chi connectivity index (χ2n) is 6.74. The van der Waals surface area contributed by atoms with Crippen LogP contribution < -0.4 is 4.72 Å². The number of hydrogen-bond donors (Lipinski definition) is 1. The van der Waals surface area contributed by atoms with E-state index in [1.807, 2.05) is 23.8 Å². The fourth-order valence-corrected chi connectivity index (χ4v) is 4.68. The number of carbonyl (C=O) groups is 2. The van der Waals surface area contributed by atoms with Gasteiger partial charge in [-0.25, -0.2) is 27.3 Å². The summed E-state index contributed by atoms with van der Waals surface area (Å²) < 4.78 is 46.7. The minimum atomic E-state index is -3.88. The number of carbonyl (C=O) groups excluding carboxylic acids is 2. The van der Waals surface area contributed by atoms with Crippen molar-refractivity contribution in [1.29, 1.82) is 0 Å². The maximum atomic E-state index is 14.1. The minimum absolute atomic E-state index is 0.294. The molecule has 31 heavy (non-hydrogen) atoms. The normalized spacial score (nSPS) is 11.5. The molecular formula is C20H20FN3O5S2. The highest BCUT2D eigenvalue weighted by atomic mass is 32.2. The van der Waals surface area contributed by atoms with E-state index in [1.165, 1.54) is 18.4 Å². The topological polar surface area (TPSA) is 107 Å². The fraction of sp³-hybridized carbons (Fsp3) is 0.250. The summed E-state index contributed by atoms with van der Waals surface area (Å²) in [6, 6.07) is 4.41. The Balaban J connectivity index is 1.79. The van der Waals surface area contributed by atoms with Crippen molar-refractivity contribution >= 4 is 33.1 Å². The number of halogens is 1. The molecule has 0 aliphatic heterocycles. The van der Waals surface area contributed by atoms with Crippen molar-refractivity contribution < 1.29 is 27.1 Å². The van der Waals surface area contributed by atoms with Gasteiger partial charge in [0.05, 0.1) is 16.2 Å². The van der Waals surface area contributed by atoms with Gasteiger partial charge in [-0.2, -0.15) is 0 Å². The molecule has 2 aromatic heterocycles. The highest BCUT2D eigenvalue weighted by molar-refractivity contribution is 7.89. The van der Waals surface area contributed by atoms with Gasteiger partial charge in [0, 0.05) is 22.3 Å². The molecular weight excluding hydrogens is 445 g/mol. The van der Waals surface area contributed by atoms with Crippen molar-refractivity contribution in [2.75, 3.05) is 13.7 Å². The lowest BCUT2D eigenvalue weighted by molar-refractivity contribution is 0.0469. The van der Waals surface area contributed by atoms with E-state index in [2.05, 4.69) is 9.71 Å². The molecule has 11 heteroatoms. The van der Waals surface area contributed by atoms with E-state index in [1.54, 1.807) is 13.0 Å². The Morgan fingerprint density at radius 3 is 2.52 bits per heavy atom. The second-order valence-corrected chi connectivity index (χ2v) is 9.46. The third kappa shape index (κ3) is 4.58. The van der Waals surface area contributed by atoms with Crippen molar-refractivity contribution in [2.24, 2.45) is 0 Å². The average Bonchev–Trinajstić information content (AvgIpc) is 3.28. The zero-order chi connectivity index (χ0) is 22.9. The lowest BCUT2D eigenvalue weighted by atomic mass is 10.1. The lowest BCUT2D eigenvalue weighted by Crippen LogP contribution is -2.20. The molecule has 0 aliphatic rings. The summed E-state index contributed by atoms with van der Waals surface area (Å²) in [6.45, 7) is 4.83. The van der Waals surface area contributed by atoms with Gasteiger partial charge in [0.25, 0.3) is 0 Å². The molecule has 0 fully saturated rings. The first-order valence-corrected chi connectivity index (χ1v) is 11.5. The Kier molecular flexibility index (Phi) is 6.39. The highest BCUT2D eigenvalue weighted by Crippen LogP contribution is 2.24. The van der Waals surface area contributed by atoms with E-state index in [9.17, 15) is 22.4 Å². The molecule has 1 aromatic carbocycles. The first kappa shape index (κ1) is 22.8. The zero-order valence-corrected chi connectivity index (χ0v) is 18.9. The van der Waals surface area contributed by atoms with E-state index in [4.69, 9.17) is 4.74 Å². The molecule has 0 saturated carbocycles. The highest BCUT2D eigenvalue weighted by Gasteiger charge is 2.22. The Bertz CT molecular complexity index is 1280. The quantitative estimate of drug-likeness (QED) is 0.425. The summed E-state index contributed by atoms with van der Waals surface area (Å²) in [5, 5.41) is 2.61. The van der Waals surface area contributed by atoms with Gasteiger partial charge in [0.15, 0.2) is 11.7 Å². The summed E-state index contributed by atoms with van der Waals surface area (Å²) in [5.74, 6) is -2.56. The number of esters is 1. The molecule has 8 nitrogen and oxygen atoms in total. The molecule has 164 valence electrons. The number of Topliss-reactive ketones (excluding diaryl/α,β-unsaturated/α-hetero) is 1. The van der Waals surface area contributed by atoms with E-state index in [0.29, 0.717) is 16.4 Å². The van der Waals surface area contributed by atoms with Gasteiger partial charge in [0.2, 0.25) is 15.8 Å². The number of hydrogen-bond acceptors (Lipinski definition) is 7. The number of nitrogens with one attached hydrogen (secondary N) is 1. The Hall–Kier alpha value is -2.89. The standard InChI is InChI=1S/C20H20FN3O5S2/c1-11-10-30-20(23-11)24-12(2)7-15(13(24)3)18(25)9-29-19(26)16-8-14(5-6-17(16)21)31(27,28)22-4/h5-8,10,22H,9H2,1-4H3. The number of thiazole rings is 1. The van der Waals surface area contributed by atoms with E-state index < -0.39 is 39.8 Å². The van der Waals surface area contributed by atoms with E-state index >= 15 is 0 Å². The summed E-state index contributed by atoms with van der Waals surface area (Å²) in [4.78, 5) is 29.1. The van der Waals surface area contributed by atoms with Gasteiger partial charge in [0.1, 0.15) is 5.82 Å². The van der Waals surface area contributed by atoms with Crippen molar-refractivity contribution in [1.82, 2.24) is 14.3 Å². The number of ether oxygens (including phenoxy) is 1. The SMILES string of the molecule is CNS(=O)(=O)c1ccc(F)c(C(=O)OCC(=O)c2cc(C)n(-c3nc(C)cs3)c2C)c1. The van der Waals surface area contributed by atoms with Crippen molar-refractivity contribution in [3.63, 3.8) is 0 Å². The van der Waals surface area contributed by atoms with Gasteiger partial charge in [-0.3, -0.25) is 9.36 Å². The van der Waals surface area contributed by atoms with Gasteiger partial charge >= 0.3 is 5.97 Å². The summed E-state index contributed by atoms with van der Waals surface area (Å²) in [5.41, 5.74) is 2.07. The zero-order valence-electron chi connectivity index (χ0n) is 17.2. The molecule has 0 bridgehead atoms. The molecule has 0 radical (unpaired) electrons. The second kappa shape index (κ2) is 8.69. The van der Waals surface area contributed by atoms with E-state index in [-0.39, 0.29) is 4.90 Å². The third-order valence-electron chi connectivity index (χ3n) is 4.60.